The normalized spacial score (nSPS) is 10.2. The molecule has 24 heavy (non-hydrogen) atoms. The first-order valence-corrected chi connectivity index (χ1v) is 7.77. The van der Waals surface area contributed by atoms with Crippen molar-refractivity contribution in [1.29, 1.82) is 0 Å². The van der Waals surface area contributed by atoms with Gasteiger partial charge < -0.3 is 19.9 Å². The lowest BCUT2D eigenvalue weighted by Gasteiger charge is -2.10. The van der Waals surface area contributed by atoms with Gasteiger partial charge in [-0.25, -0.2) is 4.79 Å². The SMILES string of the molecule is O=C(NCCOc1ccccc1)Nc1cccc(-n2cccc2)c1. The minimum atomic E-state index is -0.253. The highest BCUT2D eigenvalue weighted by Gasteiger charge is 2.03. The maximum atomic E-state index is 11.9. The fourth-order valence-electron chi connectivity index (χ4n) is 2.28. The molecule has 3 aromatic rings. The predicted molar refractivity (Wildman–Crippen MR) is 94.7 cm³/mol. The number of nitrogens with one attached hydrogen (secondary N) is 2. The Hall–Kier alpha value is -3.21. The van der Waals surface area contributed by atoms with Crippen LogP contribution in [0, 0.1) is 0 Å². The molecule has 122 valence electrons. The van der Waals surface area contributed by atoms with E-state index in [9.17, 15) is 4.79 Å². The van der Waals surface area contributed by atoms with E-state index in [1.807, 2.05) is 83.7 Å². The van der Waals surface area contributed by atoms with Gasteiger partial charge in [0.15, 0.2) is 0 Å². The summed E-state index contributed by atoms with van der Waals surface area (Å²) < 4.78 is 7.51. The fraction of sp³-hybridized carbons (Fsp3) is 0.105. The highest BCUT2D eigenvalue weighted by atomic mass is 16.5. The second kappa shape index (κ2) is 7.87. The second-order valence-corrected chi connectivity index (χ2v) is 5.18. The molecule has 0 fully saturated rings. The van der Waals surface area contributed by atoms with Crippen molar-refractivity contribution >= 4 is 11.7 Å². The number of amides is 2. The minimum Gasteiger partial charge on any atom is -0.492 e. The molecule has 0 spiro atoms. The van der Waals surface area contributed by atoms with Crippen LogP contribution in [-0.2, 0) is 0 Å². The van der Waals surface area contributed by atoms with Gasteiger partial charge in [-0.05, 0) is 42.5 Å². The number of benzene rings is 2. The smallest absolute Gasteiger partial charge is 0.319 e. The lowest BCUT2D eigenvalue weighted by molar-refractivity contribution is 0.247. The topological polar surface area (TPSA) is 55.3 Å². The van der Waals surface area contributed by atoms with Crippen LogP contribution in [0.3, 0.4) is 0 Å². The number of urea groups is 1. The van der Waals surface area contributed by atoms with E-state index >= 15 is 0 Å². The van der Waals surface area contributed by atoms with Gasteiger partial charge in [-0.1, -0.05) is 24.3 Å². The van der Waals surface area contributed by atoms with Gasteiger partial charge in [0.05, 0.1) is 6.54 Å². The third kappa shape index (κ3) is 4.39. The second-order valence-electron chi connectivity index (χ2n) is 5.18. The van der Waals surface area contributed by atoms with Crippen LogP contribution in [-0.4, -0.2) is 23.7 Å². The van der Waals surface area contributed by atoms with E-state index in [0.29, 0.717) is 13.2 Å². The van der Waals surface area contributed by atoms with E-state index in [1.165, 1.54) is 0 Å². The Balaban J connectivity index is 1.46. The highest BCUT2D eigenvalue weighted by molar-refractivity contribution is 5.89. The van der Waals surface area contributed by atoms with E-state index in [-0.39, 0.29) is 6.03 Å². The van der Waals surface area contributed by atoms with Crippen LogP contribution in [0.4, 0.5) is 10.5 Å². The van der Waals surface area contributed by atoms with Gasteiger partial charge in [0, 0.05) is 23.8 Å². The standard InChI is InChI=1S/C19H19N3O2/c23-19(20-11-14-24-18-9-2-1-3-10-18)21-16-7-6-8-17(15-16)22-12-4-5-13-22/h1-10,12-13,15H,11,14H2,(H2,20,21,23). The van der Waals surface area contributed by atoms with Crippen molar-refractivity contribution in [1.82, 2.24) is 9.88 Å². The predicted octanol–water partition coefficient (Wildman–Crippen LogP) is 3.68. The van der Waals surface area contributed by atoms with Crippen molar-refractivity contribution in [2.75, 3.05) is 18.5 Å². The summed E-state index contributed by atoms with van der Waals surface area (Å²) in [5.74, 6) is 0.791. The molecule has 0 aliphatic heterocycles. The van der Waals surface area contributed by atoms with E-state index < -0.39 is 0 Å². The molecule has 0 saturated heterocycles. The molecule has 0 atom stereocenters. The summed E-state index contributed by atoms with van der Waals surface area (Å²) >= 11 is 0. The van der Waals surface area contributed by atoms with Crippen LogP contribution in [0.1, 0.15) is 0 Å². The zero-order chi connectivity index (χ0) is 16.6. The van der Waals surface area contributed by atoms with E-state index in [2.05, 4.69) is 10.6 Å². The van der Waals surface area contributed by atoms with Gasteiger partial charge in [-0.15, -0.1) is 0 Å². The fourth-order valence-corrected chi connectivity index (χ4v) is 2.28. The number of carbonyl (C=O) groups excluding carboxylic acids is 1. The summed E-state index contributed by atoms with van der Waals surface area (Å²) in [5.41, 5.74) is 1.73. The number of carbonyl (C=O) groups is 1. The first kappa shape index (κ1) is 15.7. The molecule has 3 rings (SSSR count). The number of rotatable bonds is 6. The molecule has 2 amide bonds. The van der Waals surface area contributed by atoms with Gasteiger partial charge in [0.2, 0.25) is 0 Å². The number of hydrogen-bond acceptors (Lipinski definition) is 2. The highest BCUT2D eigenvalue weighted by Crippen LogP contribution is 2.14. The number of anilines is 1. The van der Waals surface area contributed by atoms with Gasteiger partial charge in [-0.3, -0.25) is 0 Å². The number of ether oxygens (including phenoxy) is 1. The van der Waals surface area contributed by atoms with Gasteiger partial charge in [-0.2, -0.15) is 0 Å². The van der Waals surface area contributed by atoms with E-state index in [4.69, 9.17) is 4.74 Å². The molecule has 2 aromatic carbocycles. The van der Waals surface area contributed by atoms with Crippen LogP contribution >= 0.6 is 0 Å². The Morgan fingerprint density at radius 2 is 1.75 bits per heavy atom. The summed E-state index contributed by atoms with van der Waals surface area (Å²) in [7, 11) is 0. The molecule has 0 radical (unpaired) electrons. The zero-order valence-corrected chi connectivity index (χ0v) is 13.2. The molecule has 1 heterocycles. The summed E-state index contributed by atoms with van der Waals surface area (Å²) in [5, 5.41) is 5.60. The van der Waals surface area contributed by atoms with Crippen LogP contribution in [0.2, 0.25) is 0 Å². The molecule has 1 aromatic heterocycles. The Morgan fingerprint density at radius 1 is 0.958 bits per heavy atom. The van der Waals surface area contributed by atoms with Crippen molar-refractivity contribution in [2.45, 2.75) is 0 Å². The molecule has 0 bridgehead atoms. The largest absolute Gasteiger partial charge is 0.492 e. The van der Waals surface area contributed by atoms with Crippen molar-refractivity contribution in [3.05, 3.63) is 79.1 Å². The molecule has 2 N–H and O–H groups in total. The van der Waals surface area contributed by atoms with Crippen LogP contribution in [0.25, 0.3) is 5.69 Å². The summed E-state index contributed by atoms with van der Waals surface area (Å²) in [6.45, 7) is 0.846. The number of aromatic nitrogens is 1. The van der Waals surface area contributed by atoms with Crippen molar-refractivity contribution in [2.24, 2.45) is 0 Å². The first-order valence-electron chi connectivity index (χ1n) is 7.77. The van der Waals surface area contributed by atoms with Crippen LogP contribution < -0.4 is 15.4 Å². The average molecular weight is 321 g/mol. The van der Waals surface area contributed by atoms with Crippen LogP contribution in [0.5, 0.6) is 5.75 Å². The maximum absolute atomic E-state index is 11.9. The minimum absolute atomic E-state index is 0.253. The third-order valence-corrected chi connectivity index (χ3v) is 3.41. The number of hydrogen-bond donors (Lipinski definition) is 2. The molecule has 5 nitrogen and oxygen atoms in total. The van der Waals surface area contributed by atoms with Crippen molar-refractivity contribution in [3.8, 4) is 11.4 Å². The lowest BCUT2D eigenvalue weighted by atomic mass is 10.3. The molecule has 0 unspecified atom stereocenters. The number of para-hydroxylation sites is 1. The van der Waals surface area contributed by atoms with Crippen LogP contribution in [0.15, 0.2) is 79.1 Å². The average Bonchev–Trinajstić information content (AvgIpc) is 3.15. The van der Waals surface area contributed by atoms with E-state index in [1.54, 1.807) is 0 Å². The number of nitrogens with zero attached hydrogens (tertiary/aromatic N) is 1. The Kier molecular flexibility index (Phi) is 5.14. The summed E-state index contributed by atoms with van der Waals surface area (Å²) in [6.07, 6.45) is 3.92. The van der Waals surface area contributed by atoms with Gasteiger partial charge >= 0.3 is 6.03 Å². The lowest BCUT2D eigenvalue weighted by Crippen LogP contribution is -2.32. The van der Waals surface area contributed by atoms with E-state index in [0.717, 1.165) is 17.1 Å². The Bertz CT molecular complexity index is 770. The third-order valence-electron chi connectivity index (χ3n) is 3.41. The Labute approximate surface area is 140 Å². The zero-order valence-electron chi connectivity index (χ0n) is 13.2. The van der Waals surface area contributed by atoms with Crippen molar-refractivity contribution < 1.29 is 9.53 Å². The quantitative estimate of drug-likeness (QED) is 0.681. The monoisotopic (exact) mass is 321 g/mol. The Morgan fingerprint density at radius 3 is 2.54 bits per heavy atom. The van der Waals surface area contributed by atoms with Gasteiger partial charge in [0.1, 0.15) is 12.4 Å². The van der Waals surface area contributed by atoms with Crippen molar-refractivity contribution in [3.63, 3.8) is 0 Å². The summed E-state index contributed by atoms with van der Waals surface area (Å²) in [6, 6.07) is 20.8. The van der Waals surface area contributed by atoms with Gasteiger partial charge in [0.25, 0.3) is 0 Å². The molecule has 0 saturated carbocycles. The molecular formula is C19H19N3O2. The molecule has 0 aliphatic rings. The molecule has 5 heteroatoms. The summed E-state index contributed by atoms with van der Waals surface area (Å²) in [4.78, 5) is 11.9. The maximum Gasteiger partial charge on any atom is 0.319 e. The molecule has 0 aliphatic carbocycles. The first-order chi connectivity index (χ1) is 11.8. The molecular weight excluding hydrogens is 302 g/mol.